The van der Waals surface area contributed by atoms with Gasteiger partial charge in [0.25, 0.3) is 0 Å². The summed E-state index contributed by atoms with van der Waals surface area (Å²) in [6.07, 6.45) is 7.05. The number of rotatable bonds is 14. The molecule has 1 atom stereocenters. The van der Waals surface area contributed by atoms with E-state index in [0.29, 0.717) is 53.6 Å². The zero-order valence-electron chi connectivity index (χ0n) is 25.8. The molecule has 9 nitrogen and oxygen atoms in total. The summed E-state index contributed by atoms with van der Waals surface area (Å²) >= 11 is 3.58. The van der Waals surface area contributed by atoms with E-state index in [1.165, 1.54) is 18.5 Å². The van der Waals surface area contributed by atoms with E-state index in [9.17, 15) is 12.8 Å². The van der Waals surface area contributed by atoms with Gasteiger partial charge in [0.1, 0.15) is 41.7 Å². The van der Waals surface area contributed by atoms with Gasteiger partial charge in [0, 0.05) is 35.7 Å². The molecule has 0 radical (unpaired) electrons. The van der Waals surface area contributed by atoms with Crippen molar-refractivity contribution in [3.63, 3.8) is 0 Å². The zero-order valence-corrected chi connectivity index (χ0v) is 28.2. The number of ether oxygens (including phenoxy) is 4. The predicted molar refractivity (Wildman–Crippen MR) is 180 cm³/mol. The normalized spacial score (nSPS) is 15.6. The van der Waals surface area contributed by atoms with Crippen molar-refractivity contribution in [2.45, 2.75) is 45.3 Å². The molecule has 2 heterocycles. The first-order valence-corrected chi connectivity index (χ1v) is 16.7. The summed E-state index contributed by atoms with van der Waals surface area (Å²) in [6.45, 7) is 4.34. The number of halogens is 2. The van der Waals surface area contributed by atoms with Crippen molar-refractivity contribution in [3.8, 4) is 11.5 Å². The third-order valence-corrected chi connectivity index (χ3v) is 9.37. The maximum absolute atomic E-state index is 13.5. The number of fused-ring (bicyclic) bond motifs is 1. The van der Waals surface area contributed by atoms with Crippen LogP contribution in [0.25, 0.3) is 10.9 Å². The number of methoxy groups -OCH3 is 1. The molecule has 0 amide bonds. The molecule has 12 heteroatoms. The van der Waals surface area contributed by atoms with Gasteiger partial charge in [0.05, 0.1) is 34.8 Å². The minimum atomic E-state index is -2.27. The molecule has 1 unspecified atom stereocenters. The lowest BCUT2D eigenvalue weighted by atomic mass is 9.85. The SMILES string of the molecule is COc1cc2ncnc(Nc3ccc(OCc4cccc(F)c4)c(Br)c3)c2cc1C1(CCCOCC(C(C)C)=S(=O)=O)CC=CO1. The lowest BCUT2D eigenvalue weighted by molar-refractivity contribution is 0.0203. The fourth-order valence-corrected chi connectivity index (χ4v) is 6.36. The molecular formula is C34H35BrFN3O6S. The van der Waals surface area contributed by atoms with Crippen molar-refractivity contribution in [1.29, 1.82) is 0 Å². The monoisotopic (exact) mass is 711 g/mol. The Morgan fingerprint density at radius 1 is 1.13 bits per heavy atom. The van der Waals surface area contributed by atoms with Crippen LogP contribution in [-0.2, 0) is 32.0 Å². The van der Waals surface area contributed by atoms with Crippen LogP contribution in [-0.4, -0.2) is 43.6 Å². The Morgan fingerprint density at radius 2 is 1.98 bits per heavy atom. The minimum absolute atomic E-state index is 0.0712. The summed E-state index contributed by atoms with van der Waals surface area (Å²) in [4.78, 5) is 9.38. The third-order valence-electron chi connectivity index (χ3n) is 7.73. The molecule has 1 N–H and O–H groups in total. The summed E-state index contributed by atoms with van der Waals surface area (Å²) in [5.41, 5.74) is 2.34. The quantitative estimate of drug-likeness (QED) is 0.105. The van der Waals surface area contributed by atoms with Crippen LogP contribution in [0.2, 0.25) is 0 Å². The van der Waals surface area contributed by atoms with Crippen molar-refractivity contribution in [3.05, 3.63) is 94.7 Å². The summed E-state index contributed by atoms with van der Waals surface area (Å²) in [6, 6.07) is 15.8. The molecule has 5 rings (SSSR count). The average Bonchev–Trinajstić information content (AvgIpc) is 3.51. The molecule has 4 aromatic rings. The van der Waals surface area contributed by atoms with Crippen molar-refractivity contribution >= 4 is 53.5 Å². The second kappa shape index (κ2) is 15.1. The average molecular weight is 713 g/mol. The van der Waals surface area contributed by atoms with E-state index in [2.05, 4.69) is 31.2 Å². The highest BCUT2D eigenvalue weighted by Crippen LogP contribution is 2.45. The number of aromatic nitrogens is 2. The van der Waals surface area contributed by atoms with E-state index >= 15 is 0 Å². The second-order valence-corrected chi connectivity index (χ2v) is 13.0. The first-order valence-electron chi connectivity index (χ1n) is 14.8. The Balaban J connectivity index is 1.35. The van der Waals surface area contributed by atoms with Gasteiger partial charge in [0.2, 0.25) is 10.3 Å². The number of hydrogen-bond donors (Lipinski definition) is 1. The summed E-state index contributed by atoms with van der Waals surface area (Å²) < 4.78 is 61.0. The van der Waals surface area contributed by atoms with E-state index in [1.54, 1.807) is 19.4 Å². The highest BCUT2D eigenvalue weighted by atomic mass is 79.9. The van der Waals surface area contributed by atoms with Gasteiger partial charge in [-0.25, -0.2) is 14.4 Å². The Hall–Kier alpha value is -4.00. The van der Waals surface area contributed by atoms with E-state index < -0.39 is 15.9 Å². The van der Waals surface area contributed by atoms with Gasteiger partial charge >= 0.3 is 0 Å². The van der Waals surface area contributed by atoms with Gasteiger partial charge in [-0.15, -0.1) is 0 Å². The fourth-order valence-electron chi connectivity index (χ4n) is 5.30. The summed E-state index contributed by atoms with van der Waals surface area (Å²) in [5, 5.41) is 4.18. The van der Waals surface area contributed by atoms with E-state index in [1.807, 2.05) is 56.3 Å². The molecule has 46 heavy (non-hydrogen) atoms. The zero-order chi connectivity index (χ0) is 32.7. The lowest BCUT2D eigenvalue weighted by Crippen LogP contribution is -2.26. The highest BCUT2D eigenvalue weighted by Gasteiger charge is 2.38. The molecular weight excluding hydrogens is 677 g/mol. The third kappa shape index (κ3) is 7.86. The van der Waals surface area contributed by atoms with Gasteiger partial charge in [-0.1, -0.05) is 26.0 Å². The standard InChI is InChI=1S/C34H35BrFN3O6S/c1-22(2)32(46(40)41)20-43-13-5-11-34(12-6-14-45-34)27-17-26-29(18-31(27)42-3)37-21-38-33(26)39-25-9-10-30(28(35)16-25)44-19-23-7-4-8-24(36)15-23/h4,6-10,14-18,21-22H,5,11-13,19-20H2,1-3H3,(H,37,38,39). The maximum atomic E-state index is 13.5. The molecule has 242 valence electrons. The molecule has 1 aliphatic rings. The van der Waals surface area contributed by atoms with Crippen molar-refractivity contribution in [2.75, 3.05) is 25.6 Å². The Morgan fingerprint density at radius 3 is 2.67 bits per heavy atom. The van der Waals surface area contributed by atoms with Crippen LogP contribution in [0, 0.1) is 11.7 Å². The molecule has 0 saturated carbocycles. The van der Waals surface area contributed by atoms with E-state index in [4.69, 9.17) is 18.9 Å². The topological polar surface area (TPSA) is 109 Å². The number of hydrogen-bond acceptors (Lipinski definition) is 9. The molecule has 0 bridgehead atoms. The van der Waals surface area contributed by atoms with Gasteiger partial charge in [-0.3, -0.25) is 0 Å². The van der Waals surface area contributed by atoms with Crippen LogP contribution < -0.4 is 14.8 Å². The number of benzene rings is 3. The smallest absolute Gasteiger partial charge is 0.215 e. The molecule has 1 aromatic heterocycles. The molecule has 0 saturated heterocycles. The summed E-state index contributed by atoms with van der Waals surface area (Å²) in [7, 11) is -0.656. The van der Waals surface area contributed by atoms with Crippen molar-refractivity contribution in [1.82, 2.24) is 9.97 Å². The van der Waals surface area contributed by atoms with Crippen LogP contribution in [0.4, 0.5) is 15.9 Å². The summed E-state index contributed by atoms with van der Waals surface area (Å²) in [5.74, 6) is 1.44. The van der Waals surface area contributed by atoms with Crippen LogP contribution in [0.5, 0.6) is 11.5 Å². The number of anilines is 2. The van der Waals surface area contributed by atoms with Crippen LogP contribution in [0.15, 0.2) is 77.7 Å². The van der Waals surface area contributed by atoms with Gasteiger partial charge in [0.15, 0.2) is 0 Å². The maximum Gasteiger partial charge on any atom is 0.215 e. The Labute approximate surface area is 277 Å². The van der Waals surface area contributed by atoms with Crippen molar-refractivity contribution in [2.24, 2.45) is 5.92 Å². The largest absolute Gasteiger partial charge is 0.496 e. The molecule has 0 aliphatic carbocycles. The highest BCUT2D eigenvalue weighted by molar-refractivity contribution is 9.10. The molecule has 1 aliphatic heterocycles. The van der Waals surface area contributed by atoms with Crippen LogP contribution >= 0.6 is 15.9 Å². The van der Waals surface area contributed by atoms with Crippen molar-refractivity contribution < 1.29 is 31.8 Å². The second-order valence-electron chi connectivity index (χ2n) is 11.2. The van der Waals surface area contributed by atoms with Crippen LogP contribution in [0.1, 0.15) is 44.2 Å². The first-order chi connectivity index (χ1) is 22.2. The molecule has 3 aromatic carbocycles. The Bertz CT molecular complexity index is 1870. The number of nitrogens with zero attached hydrogens (tertiary/aromatic N) is 2. The Kier molecular flexibility index (Phi) is 10.9. The van der Waals surface area contributed by atoms with Gasteiger partial charge in [-0.05, 0) is 82.7 Å². The lowest BCUT2D eigenvalue weighted by Gasteiger charge is -2.31. The van der Waals surface area contributed by atoms with E-state index in [-0.39, 0.29) is 24.9 Å². The molecule has 0 fully saturated rings. The van der Waals surface area contributed by atoms with E-state index in [0.717, 1.165) is 26.7 Å². The minimum Gasteiger partial charge on any atom is -0.496 e. The molecule has 0 spiro atoms. The number of nitrogens with one attached hydrogen (secondary N) is 1. The van der Waals surface area contributed by atoms with Crippen LogP contribution in [0.3, 0.4) is 0 Å². The fraction of sp³-hybridized carbons (Fsp3) is 0.324. The first kappa shape index (κ1) is 33.4. The van der Waals surface area contributed by atoms with Gasteiger partial charge < -0.3 is 24.3 Å². The predicted octanol–water partition coefficient (Wildman–Crippen LogP) is 7.50. The van der Waals surface area contributed by atoms with Gasteiger partial charge in [-0.2, -0.15) is 8.42 Å².